The first kappa shape index (κ1) is 25.7. The van der Waals surface area contributed by atoms with Gasteiger partial charge in [0.1, 0.15) is 5.82 Å². The highest BCUT2D eigenvalue weighted by Gasteiger charge is 2.35. The van der Waals surface area contributed by atoms with Gasteiger partial charge in [0.25, 0.3) is 0 Å². The van der Waals surface area contributed by atoms with Gasteiger partial charge in [-0.25, -0.2) is 18.3 Å². The van der Waals surface area contributed by atoms with Gasteiger partial charge >= 0.3 is 6.03 Å². The number of hydrogen-bond donors (Lipinski definition) is 3. The molecule has 0 aliphatic carbocycles. The minimum absolute atomic E-state index is 0.222. The number of urea groups is 1. The van der Waals surface area contributed by atoms with Crippen molar-refractivity contribution in [2.75, 3.05) is 38.7 Å². The van der Waals surface area contributed by atoms with Gasteiger partial charge < -0.3 is 15.8 Å². The van der Waals surface area contributed by atoms with Crippen molar-refractivity contribution in [1.29, 1.82) is 0 Å². The van der Waals surface area contributed by atoms with Gasteiger partial charge in [-0.3, -0.25) is 10.2 Å². The minimum Gasteiger partial charge on any atom is -0.383 e. The summed E-state index contributed by atoms with van der Waals surface area (Å²) in [5.74, 6) is -1.57. The van der Waals surface area contributed by atoms with Gasteiger partial charge in [0, 0.05) is 38.7 Å². The maximum atomic E-state index is 14.0. The fourth-order valence-electron chi connectivity index (χ4n) is 4.39. The third-order valence-corrected chi connectivity index (χ3v) is 6.31. The lowest BCUT2D eigenvalue weighted by atomic mass is 9.94. The number of para-hydroxylation sites is 1. The number of amides is 2. The third-order valence-electron chi connectivity index (χ3n) is 6.31. The molecule has 1 aromatic heterocycles. The van der Waals surface area contributed by atoms with Gasteiger partial charge in [-0.1, -0.05) is 24.3 Å². The van der Waals surface area contributed by atoms with E-state index in [-0.39, 0.29) is 12.0 Å². The number of methoxy groups -OCH3 is 1. The number of ether oxygens (including phenoxy) is 1. The van der Waals surface area contributed by atoms with E-state index in [2.05, 4.69) is 20.6 Å². The molecular weight excluding hydrogens is 466 g/mol. The summed E-state index contributed by atoms with van der Waals surface area (Å²) in [6, 6.07) is 14.3. The quantitative estimate of drug-likeness (QED) is 0.441. The molecule has 0 spiro atoms. The zero-order valence-corrected chi connectivity index (χ0v) is 20.7. The number of carbonyl (C=O) groups excluding carboxylic acids is 1. The molecule has 36 heavy (non-hydrogen) atoms. The molecule has 1 aliphatic heterocycles. The molecule has 2 aromatic carbocycles. The van der Waals surface area contributed by atoms with Gasteiger partial charge in [-0.2, -0.15) is 5.10 Å². The Bertz CT molecular complexity index is 1190. The second-order valence-electron chi connectivity index (χ2n) is 9.62. The number of benzene rings is 2. The second-order valence-corrected chi connectivity index (χ2v) is 9.62. The number of anilines is 1. The van der Waals surface area contributed by atoms with E-state index in [1.165, 1.54) is 6.07 Å². The van der Waals surface area contributed by atoms with Crippen LogP contribution in [-0.2, 0) is 10.3 Å². The zero-order chi connectivity index (χ0) is 25.9. The lowest BCUT2D eigenvalue weighted by Gasteiger charge is -2.21. The molecule has 2 amide bonds. The Morgan fingerprint density at radius 2 is 1.89 bits per heavy atom. The van der Waals surface area contributed by atoms with E-state index in [9.17, 15) is 13.6 Å². The number of halogens is 2. The number of nitrogens with two attached hydrogens (primary N) is 1. The van der Waals surface area contributed by atoms with E-state index in [1.807, 2.05) is 44.2 Å². The highest BCUT2D eigenvalue weighted by atomic mass is 19.2. The van der Waals surface area contributed by atoms with Crippen LogP contribution in [0, 0.1) is 11.6 Å². The molecule has 1 fully saturated rings. The molecule has 1 saturated heterocycles. The summed E-state index contributed by atoms with van der Waals surface area (Å²) in [6.07, 6.45) is 0. The molecule has 0 unspecified atom stereocenters. The number of carbonyl (C=O) groups is 1. The minimum atomic E-state index is -0.908. The van der Waals surface area contributed by atoms with E-state index in [0.29, 0.717) is 43.3 Å². The Kier molecular flexibility index (Phi) is 7.67. The topological polar surface area (TPSA) is 97.4 Å². The normalized spacial score (nSPS) is 18.4. The van der Waals surface area contributed by atoms with Crippen LogP contribution in [0.1, 0.15) is 31.0 Å². The summed E-state index contributed by atoms with van der Waals surface area (Å²) in [5.41, 5.74) is 7.57. The lowest BCUT2D eigenvalue weighted by molar-refractivity contribution is 0.159. The Labute approximate surface area is 209 Å². The van der Waals surface area contributed by atoms with Crippen molar-refractivity contribution in [2.24, 2.45) is 5.73 Å². The van der Waals surface area contributed by atoms with Gasteiger partial charge in [-0.15, -0.1) is 0 Å². The SMILES string of the molecule is COCCN1C[C@@H](NC(=O)Nc2cc(C(C)(C)N)nn2-c2ccccc2)[C@H](c2ccc(F)c(F)c2)C1. The molecular formula is C26H32F2N6O2. The average molecular weight is 499 g/mol. The van der Waals surface area contributed by atoms with E-state index in [1.54, 1.807) is 23.9 Å². The van der Waals surface area contributed by atoms with Gasteiger partial charge in [-0.05, 0) is 43.7 Å². The maximum absolute atomic E-state index is 14.0. The van der Waals surface area contributed by atoms with Crippen LogP contribution in [0.2, 0.25) is 0 Å². The molecule has 0 radical (unpaired) electrons. The predicted molar refractivity (Wildman–Crippen MR) is 134 cm³/mol. The fourth-order valence-corrected chi connectivity index (χ4v) is 4.39. The monoisotopic (exact) mass is 498 g/mol. The standard InChI is InChI=1S/C26H32F2N6O2/c1-26(2,29)23-14-24(34(32-23)18-7-5-4-6-8-18)31-25(35)30-22-16-33(11-12-36-3)15-19(22)17-9-10-20(27)21(28)13-17/h4-10,13-14,19,22H,11-12,15-16,29H2,1-3H3,(H2,30,31,35)/t19-,22+/m0/s1. The van der Waals surface area contributed by atoms with Crippen LogP contribution in [0.25, 0.3) is 5.69 Å². The van der Waals surface area contributed by atoms with E-state index < -0.39 is 23.2 Å². The van der Waals surface area contributed by atoms with E-state index in [0.717, 1.165) is 11.8 Å². The first-order valence-corrected chi connectivity index (χ1v) is 11.8. The van der Waals surface area contributed by atoms with Crippen molar-refractivity contribution in [2.45, 2.75) is 31.3 Å². The molecule has 192 valence electrons. The molecule has 4 N–H and O–H groups in total. The Hall–Kier alpha value is -3.34. The van der Waals surface area contributed by atoms with Crippen molar-refractivity contribution in [3.05, 3.63) is 77.5 Å². The van der Waals surface area contributed by atoms with Crippen molar-refractivity contribution in [3.63, 3.8) is 0 Å². The van der Waals surface area contributed by atoms with Crippen LogP contribution < -0.4 is 16.4 Å². The predicted octanol–water partition coefficient (Wildman–Crippen LogP) is 3.58. The summed E-state index contributed by atoms with van der Waals surface area (Å²) in [5, 5.41) is 10.5. The molecule has 2 atom stereocenters. The van der Waals surface area contributed by atoms with E-state index >= 15 is 0 Å². The number of likely N-dealkylation sites (tertiary alicyclic amines) is 1. The fraction of sp³-hybridized carbons (Fsp3) is 0.385. The number of rotatable bonds is 8. The molecule has 4 rings (SSSR count). The molecule has 3 aromatic rings. The molecule has 2 heterocycles. The van der Waals surface area contributed by atoms with Crippen LogP contribution in [0.5, 0.6) is 0 Å². The number of nitrogens with zero attached hydrogens (tertiary/aromatic N) is 3. The smallest absolute Gasteiger partial charge is 0.320 e. The molecule has 0 saturated carbocycles. The summed E-state index contributed by atoms with van der Waals surface area (Å²) < 4.78 is 34.4. The summed E-state index contributed by atoms with van der Waals surface area (Å²) in [7, 11) is 1.62. The van der Waals surface area contributed by atoms with Crippen LogP contribution in [0.3, 0.4) is 0 Å². The van der Waals surface area contributed by atoms with Gasteiger partial charge in [0.05, 0.1) is 29.6 Å². The highest BCUT2D eigenvalue weighted by Crippen LogP contribution is 2.29. The first-order chi connectivity index (χ1) is 17.2. The summed E-state index contributed by atoms with van der Waals surface area (Å²) >= 11 is 0. The molecule has 10 heteroatoms. The van der Waals surface area contributed by atoms with Gasteiger partial charge in [0.2, 0.25) is 0 Å². The van der Waals surface area contributed by atoms with Crippen molar-refractivity contribution < 1.29 is 18.3 Å². The van der Waals surface area contributed by atoms with Crippen LogP contribution in [0.15, 0.2) is 54.6 Å². The van der Waals surface area contributed by atoms with Crippen LogP contribution >= 0.6 is 0 Å². The summed E-state index contributed by atoms with van der Waals surface area (Å²) in [4.78, 5) is 15.3. The van der Waals surface area contributed by atoms with Crippen molar-refractivity contribution in [3.8, 4) is 5.69 Å². The zero-order valence-electron chi connectivity index (χ0n) is 20.7. The Morgan fingerprint density at radius 3 is 2.56 bits per heavy atom. The van der Waals surface area contributed by atoms with E-state index in [4.69, 9.17) is 10.5 Å². The number of hydrogen-bond acceptors (Lipinski definition) is 5. The highest BCUT2D eigenvalue weighted by molar-refractivity contribution is 5.89. The Morgan fingerprint density at radius 1 is 1.14 bits per heavy atom. The molecule has 0 bridgehead atoms. The van der Waals surface area contributed by atoms with Crippen molar-refractivity contribution in [1.82, 2.24) is 20.0 Å². The van der Waals surface area contributed by atoms with Gasteiger partial charge in [0.15, 0.2) is 11.6 Å². The van der Waals surface area contributed by atoms with Crippen LogP contribution in [0.4, 0.5) is 19.4 Å². The first-order valence-electron chi connectivity index (χ1n) is 11.8. The molecule has 1 aliphatic rings. The largest absolute Gasteiger partial charge is 0.383 e. The maximum Gasteiger partial charge on any atom is 0.320 e. The Balaban J connectivity index is 1.56. The average Bonchev–Trinajstić information content (AvgIpc) is 3.44. The molecule has 8 nitrogen and oxygen atoms in total. The van der Waals surface area contributed by atoms with Crippen molar-refractivity contribution >= 4 is 11.8 Å². The lowest BCUT2D eigenvalue weighted by Crippen LogP contribution is -2.42. The number of aromatic nitrogens is 2. The van der Waals surface area contributed by atoms with Crippen LogP contribution in [-0.4, -0.2) is 60.1 Å². The summed E-state index contributed by atoms with van der Waals surface area (Å²) in [6.45, 7) is 5.98. The third kappa shape index (κ3) is 5.89. The number of nitrogens with one attached hydrogen (secondary N) is 2. The second kappa shape index (κ2) is 10.7.